The van der Waals surface area contributed by atoms with E-state index in [4.69, 9.17) is 11.6 Å². The van der Waals surface area contributed by atoms with Crippen molar-refractivity contribution in [1.29, 1.82) is 0 Å². The van der Waals surface area contributed by atoms with Crippen LogP contribution in [0.5, 0.6) is 0 Å². The van der Waals surface area contributed by atoms with Crippen molar-refractivity contribution in [2.24, 2.45) is 7.05 Å². The van der Waals surface area contributed by atoms with E-state index >= 15 is 0 Å². The predicted molar refractivity (Wildman–Crippen MR) is 74.3 cm³/mol. The summed E-state index contributed by atoms with van der Waals surface area (Å²) in [6.07, 6.45) is 4.48. The zero-order valence-electron chi connectivity index (χ0n) is 10.2. The Bertz CT molecular complexity index is 687. The second-order valence-electron chi connectivity index (χ2n) is 3.96. The lowest BCUT2D eigenvalue weighted by molar-refractivity contribution is 0.104. The highest BCUT2D eigenvalue weighted by atomic mass is 35.5. The van der Waals surface area contributed by atoms with Gasteiger partial charge in [-0.1, -0.05) is 11.6 Å². The third kappa shape index (κ3) is 3.39. The third-order valence-electron chi connectivity index (χ3n) is 2.54. The second-order valence-corrected chi connectivity index (χ2v) is 4.39. The number of hydrogen-bond acceptors (Lipinski definition) is 3. The lowest BCUT2D eigenvalue weighted by atomic mass is 10.1. The van der Waals surface area contributed by atoms with Crippen molar-refractivity contribution in [2.45, 2.75) is 0 Å². The maximum Gasteiger partial charge on any atom is 0.267 e. The molecule has 19 heavy (non-hydrogen) atoms. The average molecular weight is 275 g/mol. The number of hydrogen-bond donors (Lipinski definition) is 0. The van der Waals surface area contributed by atoms with E-state index in [1.165, 1.54) is 23.0 Å². The molecule has 0 amide bonds. The molecule has 0 fully saturated rings. The summed E-state index contributed by atoms with van der Waals surface area (Å²) in [6, 6.07) is 8.03. The fourth-order valence-corrected chi connectivity index (χ4v) is 1.58. The molecule has 0 bridgehead atoms. The van der Waals surface area contributed by atoms with Crippen molar-refractivity contribution in [3.63, 3.8) is 0 Å². The van der Waals surface area contributed by atoms with Crippen LogP contribution in [-0.4, -0.2) is 15.6 Å². The number of aromatic nitrogens is 2. The summed E-state index contributed by atoms with van der Waals surface area (Å²) in [7, 11) is 1.56. The zero-order chi connectivity index (χ0) is 13.8. The molecular formula is C14H11ClN2O2. The second kappa shape index (κ2) is 5.63. The van der Waals surface area contributed by atoms with E-state index in [0.717, 1.165) is 0 Å². The van der Waals surface area contributed by atoms with E-state index in [9.17, 15) is 9.59 Å². The summed E-state index contributed by atoms with van der Waals surface area (Å²) in [5.41, 5.74) is 0.906. The SMILES string of the molecule is Cn1ncc(/C=C/C(=O)c2ccc(Cl)cc2)cc1=O. The summed E-state index contributed by atoms with van der Waals surface area (Å²) >= 11 is 5.75. The van der Waals surface area contributed by atoms with Crippen LogP contribution in [0.25, 0.3) is 6.08 Å². The topological polar surface area (TPSA) is 52.0 Å². The van der Waals surface area contributed by atoms with Crippen LogP contribution in [0.1, 0.15) is 15.9 Å². The molecule has 2 rings (SSSR count). The van der Waals surface area contributed by atoms with Crippen molar-refractivity contribution < 1.29 is 4.79 Å². The Kier molecular flexibility index (Phi) is 3.92. The van der Waals surface area contributed by atoms with Gasteiger partial charge < -0.3 is 0 Å². The van der Waals surface area contributed by atoms with Gasteiger partial charge in [-0.2, -0.15) is 5.10 Å². The maximum atomic E-state index is 11.8. The van der Waals surface area contributed by atoms with Crippen molar-refractivity contribution >= 4 is 23.5 Å². The zero-order valence-corrected chi connectivity index (χ0v) is 11.0. The van der Waals surface area contributed by atoms with Gasteiger partial charge in [0.25, 0.3) is 5.56 Å². The average Bonchev–Trinajstić information content (AvgIpc) is 2.40. The third-order valence-corrected chi connectivity index (χ3v) is 2.80. The standard InChI is InChI=1S/C14H11ClN2O2/c1-17-14(19)8-10(9-16-17)2-7-13(18)11-3-5-12(15)6-4-11/h2-9H,1H3/b7-2+. The van der Waals surface area contributed by atoms with Gasteiger partial charge in [-0.05, 0) is 36.4 Å². The number of ketones is 1. The Morgan fingerprint density at radius 1 is 1.32 bits per heavy atom. The molecule has 96 valence electrons. The lowest BCUT2D eigenvalue weighted by Gasteiger charge is -1.97. The first-order chi connectivity index (χ1) is 9.06. The number of halogens is 1. The Balaban J connectivity index is 2.18. The molecule has 1 heterocycles. The number of rotatable bonds is 3. The quantitative estimate of drug-likeness (QED) is 0.638. The van der Waals surface area contributed by atoms with Gasteiger partial charge in [-0.25, -0.2) is 4.68 Å². The van der Waals surface area contributed by atoms with E-state index in [1.54, 1.807) is 37.4 Å². The van der Waals surface area contributed by atoms with Gasteiger partial charge in [0, 0.05) is 29.3 Å². The number of carbonyl (C=O) groups is 1. The van der Waals surface area contributed by atoms with E-state index in [2.05, 4.69) is 5.10 Å². The fraction of sp³-hybridized carbons (Fsp3) is 0.0714. The van der Waals surface area contributed by atoms with Gasteiger partial charge in [0.2, 0.25) is 0 Å². The molecule has 0 saturated carbocycles. The van der Waals surface area contributed by atoms with Gasteiger partial charge in [-0.15, -0.1) is 0 Å². The maximum absolute atomic E-state index is 11.8. The summed E-state index contributed by atoms with van der Waals surface area (Å²) in [5, 5.41) is 4.45. The van der Waals surface area contributed by atoms with Crippen LogP contribution in [-0.2, 0) is 7.05 Å². The lowest BCUT2D eigenvalue weighted by Crippen LogP contribution is -2.17. The van der Waals surface area contributed by atoms with E-state index in [1.807, 2.05) is 0 Å². The van der Waals surface area contributed by atoms with E-state index < -0.39 is 0 Å². The monoisotopic (exact) mass is 274 g/mol. The highest BCUT2D eigenvalue weighted by Gasteiger charge is 2.01. The van der Waals surface area contributed by atoms with E-state index in [-0.39, 0.29) is 11.3 Å². The highest BCUT2D eigenvalue weighted by molar-refractivity contribution is 6.30. The molecule has 1 aromatic heterocycles. The molecule has 0 N–H and O–H groups in total. The molecule has 5 heteroatoms. The molecule has 0 unspecified atom stereocenters. The highest BCUT2D eigenvalue weighted by Crippen LogP contribution is 2.10. The van der Waals surface area contributed by atoms with Crippen LogP contribution >= 0.6 is 11.6 Å². The first-order valence-electron chi connectivity index (χ1n) is 5.57. The smallest absolute Gasteiger partial charge is 0.267 e. The Morgan fingerprint density at radius 3 is 2.63 bits per heavy atom. The first-order valence-corrected chi connectivity index (χ1v) is 5.95. The Morgan fingerprint density at radius 2 is 2.00 bits per heavy atom. The number of carbonyl (C=O) groups excluding carboxylic acids is 1. The van der Waals surface area contributed by atoms with Crippen LogP contribution in [0.4, 0.5) is 0 Å². The van der Waals surface area contributed by atoms with Crippen LogP contribution in [0.3, 0.4) is 0 Å². The van der Waals surface area contributed by atoms with Gasteiger partial charge in [0.1, 0.15) is 0 Å². The molecule has 0 radical (unpaired) electrons. The number of allylic oxidation sites excluding steroid dienone is 1. The first kappa shape index (κ1) is 13.2. The van der Waals surface area contributed by atoms with Crippen molar-refractivity contribution in [1.82, 2.24) is 9.78 Å². The van der Waals surface area contributed by atoms with Crippen molar-refractivity contribution in [3.05, 3.63) is 69.1 Å². The van der Waals surface area contributed by atoms with Crippen LogP contribution in [0, 0.1) is 0 Å². The minimum atomic E-state index is -0.221. The Labute approximate surface area is 115 Å². The molecule has 0 aliphatic rings. The summed E-state index contributed by atoms with van der Waals surface area (Å²) in [4.78, 5) is 23.2. The summed E-state index contributed by atoms with van der Waals surface area (Å²) < 4.78 is 1.22. The minimum Gasteiger partial charge on any atom is -0.289 e. The van der Waals surface area contributed by atoms with E-state index in [0.29, 0.717) is 16.1 Å². The molecule has 4 nitrogen and oxygen atoms in total. The molecule has 2 aromatic rings. The molecule has 0 aliphatic carbocycles. The number of benzene rings is 1. The van der Waals surface area contributed by atoms with Gasteiger partial charge in [0.05, 0.1) is 6.20 Å². The molecule has 0 atom stereocenters. The molecule has 0 aliphatic heterocycles. The fourth-order valence-electron chi connectivity index (χ4n) is 1.46. The summed E-state index contributed by atoms with van der Waals surface area (Å²) in [5.74, 6) is -0.155. The Hall–Kier alpha value is -2.20. The number of aryl methyl sites for hydroxylation is 1. The van der Waals surface area contributed by atoms with Crippen molar-refractivity contribution in [2.75, 3.05) is 0 Å². The normalized spacial score (nSPS) is 10.8. The number of nitrogens with zero attached hydrogens (tertiary/aromatic N) is 2. The van der Waals surface area contributed by atoms with Crippen LogP contribution in [0.15, 0.2) is 47.4 Å². The van der Waals surface area contributed by atoms with Crippen LogP contribution < -0.4 is 5.56 Å². The summed E-state index contributed by atoms with van der Waals surface area (Å²) in [6.45, 7) is 0. The van der Waals surface area contributed by atoms with Gasteiger partial charge in [0.15, 0.2) is 5.78 Å². The minimum absolute atomic E-state index is 0.155. The molecule has 0 saturated heterocycles. The molecular weight excluding hydrogens is 264 g/mol. The molecule has 0 spiro atoms. The predicted octanol–water partition coefficient (Wildman–Crippen LogP) is 2.33. The van der Waals surface area contributed by atoms with Gasteiger partial charge in [-0.3, -0.25) is 9.59 Å². The van der Waals surface area contributed by atoms with Crippen LogP contribution in [0.2, 0.25) is 5.02 Å². The van der Waals surface area contributed by atoms with Gasteiger partial charge >= 0.3 is 0 Å². The van der Waals surface area contributed by atoms with Crippen molar-refractivity contribution in [3.8, 4) is 0 Å². The molecule has 1 aromatic carbocycles. The largest absolute Gasteiger partial charge is 0.289 e.